The van der Waals surface area contributed by atoms with Crippen LogP contribution in [0.15, 0.2) is 48.5 Å². The Morgan fingerprint density at radius 3 is 2.42 bits per heavy atom. The van der Waals surface area contributed by atoms with Crippen LogP contribution in [0.5, 0.6) is 5.75 Å². The van der Waals surface area contributed by atoms with Gasteiger partial charge in [0.25, 0.3) is 5.91 Å². The van der Waals surface area contributed by atoms with Crippen molar-refractivity contribution in [2.24, 2.45) is 0 Å². The highest BCUT2D eigenvalue weighted by atomic mass is 19.4. The maximum absolute atomic E-state index is 13.3. The highest BCUT2D eigenvalue weighted by Crippen LogP contribution is 2.35. The number of methoxy groups -OCH3 is 1. The van der Waals surface area contributed by atoms with E-state index in [1.54, 1.807) is 14.0 Å². The third-order valence-corrected chi connectivity index (χ3v) is 5.25. The number of aryl methyl sites for hydroxylation is 2. The molecule has 0 saturated heterocycles. The molecule has 2 heterocycles. The Balaban J connectivity index is 1.76. The third-order valence-electron chi connectivity index (χ3n) is 5.25. The first kappa shape index (κ1) is 22.3. The largest absolute Gasteiger partial charge is 0.497 e. The third kappa shape index (κ3) is 4.11. The Morgan fingerprint density at radius 2 is 1.79 bits per heavy atom. The van der Waals surface area contributed by atoms with E-state index in [1.807, 2.05) is 31.2 Å². The highest BCUT2D eigenvalue weighted by molar-refractivity contribution is 6.04. The average Bonchev–Trinajstić information content (AvgIpc) is 3.18. The molecule has 4 aromatic rings. The van der Waals surface area contributed by atoms with Gasteiger partial charge in [0.2, 0.25) is 0 Å². The summed E-state index contributed by atoms with van der Waals surface area (Å²) < 4.78 is 46.6. The quantitative estimate of drug-likeness (QED) is 0.461. The smallest absolute Gasteiger partial charge is 0.418 e. The minimum absolute atomic E-state index is 0.120. The standard InChI is InChI=1S/C23H20F3N5O2/c1-4-17-19(14-9-11-15(33-3)12-10-14)21-29-28-20(13(2)31(21)30-17)22(32)27-18-8-6-5-7-16(18)23(24,25)26/h5-12H,4H2,1-3H3,(H,27,32). The van der Waals surface area contributed by atoms with Crippen molar-refractivity contribution in [3.63, 3.8) is 0 Å². The summed E-state index contributed by atoms with van der Waals surface area (Å²) in [6, 6.07) is 12.1. The molecule has 2 aromatic heterocycles. The predicted molar refractivity (Wildman–Crippen MR) is 116 cm³/mol. The number of anilines is 1. The molecular weight excluding hydrogens is 435 g/mol. The highest BCUT2D eigenvalue weighted by Gasteiger charge is 2.34. The normalized spacial score (nSPS) is 11.6. The summed E-state index contributed by atoms with van der Waals surface area (Å²) in [5, 5.41) is 15.1. The zero-order valence-corrected chi connectivity index (χ0v) is 18.1. The van der Waals surface area contributed by atoms with Gasteiger partial charge in [-0.3, -0.25) is 4.79 Å². The molecule has 0 bridgehead atoms. The van der Waals surface area contributed by atoms with E-state index in [-0.39, 0.29) is 11.4 Å². The summed E-state index contributed by atoms with van der Waals surface area (Å²) in [6.45, 7) is 3.57. The number of amides is 1. The lowest BCUT2D eigenvalue weighted by molar-refractivity contribution is -0.136. The SMILES string of the molecule is CCc1nn2c(C)c(C(=O)Nc3ccccc3C(F)(F)F)nnc2c1-c1ccc(OC)cc1. The van der Waals surface area contributed by atoms with Crippen LogP contribution in [0.25, 0.3) is 16.8 Å². The van der Waals surface area contributed by atoms with Crippen LogP contribution in [0.2, 0.25) is 0 Å². The van der Waals surface area contributed by atoms with E-state index in [0.717, 1.165) is 22.9 Å². The van der Waals surface area contributed by atoms with Crippen molar-refractivity contribution in [1.29, 1.82) is 0 Å². The van der Waals surface area contributed by atoms with Gasteiger partial charge < -0.3 is 10.1 Å². The van der Waals surface area contributed by atoms with Gasteiger partial charge in [0.05, 0.1) is 35.3 Å². The Labute approximate surface area is 187 Å². The van der Waals surface area contributed by atoms with Gasteiger partial charge in [0.15, 0.2) is 11.3 Å². The molecule has 170 valence electrons. The molecule has 0 atom stereocenters. The molecule has 1 amide bonds. The lowest BCUT2D eigenvalue weighted by Gasteiger charge is -2.13. The fourth-order valence-electron chi connectivity index (χ4n) is 3.58. The molecule has 0 aliphatic carbocycles. The summed E-state index contributed by atoms with van der Waals surface area (Å²) in [4.78, 5) is 12.8. The molecule has 0 unspecified atom stereocenters. The molecule has 2 aromatic carbocycles. The number of halogens is 3. The fourth-order valence-corrected chi connectivity index (χ4v) is 3.58. The van der Waals surface area contributed by atoms with Crippen LogP contribution in [0, 0.1) is 6.92 Å². The van der Waals surface area contributed by atoms with Gasteiger partial charge in [0.1, 0.15) is 5.75 Å². The number of para-hydroxylation sites is 1. The molecule has 0 fully saturated rings. The lowest BCUT2D eigenvalue weighted by atomic mass is 10.0. The second kappa shape index (κ2) is 8.53. The molecule has 1 N–H and O–H groups in total. The van der Waals surface area contributed by atoms with Crippen molar-refractivity contribution in [1.82, 2.24) is 19.8 Å². The zero-order valence-electron chi connectivity index (χ0n) is 18.1. The summed E-state index contributed by atoms with van der Waals surface area (Å²) in [7, 11) is 1.58. The van der Waals surface area contributed by atoms with Crippen LogP contribution in [0.4, 0.5) is 18.9 Å². The second-order valence-electron chi connectivity index (χ2n) is 7.27. The van der Waals surface area contributed by atoms with Gasteiger partial charge in [-0.25, -0.2) is 4.52 Å². The van der Waals surface area contributed by atoms with Gasteiger partial charge in [-0.15, -0.1) is 10.2 Å². The van der Waals surface area contributed by atoms with Crippen LogP contribution in [0.3, 0.4) is 0 Å². The molecule has 0 radical (unpaired) electrons. The van der Waals surface area contributed by atoms with Crippen LogP contribution in [0.1, 0.15) is 34.4 Å². The molecule has 0 aliphatic rings. The molecule has 33 heavy (non-hydrogen) atoms. The van der Waals surface area contributed by atoms with Gasteiger partial charge in [-0.05, 0) is 43.2 Å². The van der Waals surface area contributed by atoms with Crippen LogP contribution < -0.4 is 10.1 Å². The number of benzene rings is 2. The topological polar surface area (TPSA) is 81.4 Å². The van der Waals surface area contributed by atoms with Crippen molar-refractivity contribution in [3.8, 4) is 16.9 Å². The van der Waals surface area contributed by atoms with E-state index in [0.29, 0.717) is 23.5 Å². The summed E-state index contributed by atoms with van der Waals surface area (Å²) in [5.41, 5.74) is 1.75. The predicted octanol–water partition coefficient (Wildman–Crippen LogP) is 4.94. The van der Waals surface area contributed by atoms with Gasteiger partial charge in [-0.1, -0.05) is 31.2 Å². The number of carbonyl (C=O) groups excluding carboxylic acids is 1. The number of nitrogens with one attached hydrogen (secondary N) is 1. The van der Waals surface area contributed by atoms with Crippen molar-refractivity contribution < 1.29 is 22.7 Å². The van der Waals surface area contributed by atoms with Crippen molar-refractivity contribution in [2.75, 3.05) is 12.4 Å². The molecule has 10 heteroatoms. The number of carbonyl (C=O) groups is 1. The Bertz CT molecular complexity index is 1330. The Hall–Kier alpha value is -3.95. The van der Waals surface area contributed by atoms with E-state index in [2.05, 4.69) is 20.6 Å². The van der Waals surface area contributed by atoms with E-state index in [1.165, 1.54) is 22.7 Å². The number of ether oxygens (including phenoxy) is 1. The number of nitrogens with zero attached hydrogens (tertiary/aromatic N) is 4. The van der Waals surface area contributed by atoms with Crippen LogP contribution >= 0.6 is 0 Å². The van der Waals surface area contributed by atoms with Crippen molar-refractivity contribution in [2.45, 2.75) is 26.4 Å². The van der Waals surface area contributed by atoms with E-state index < -0.39 is 17.6 Å². The van der Waals surface area contributed by atoms with Crippen LogP contribution in [-0.2, 0) is 12.6 Å². The molecule has 0 aliphatic heterocycles. The maximum atomic E-state index is 13.3. The number of aromatic nitrogens is 4. The second-order valence-corrected chi connectivity index (χ2v) is 7.27. The minimum atomic E-state index is -4.61. The van der Waals surface area contributed by atoms with Gasteiger partial charge in [-0.2, -0.15) is 18.3 Å². The first-order valence-corrected chi connectivity index (χ1v) is 10.1. The Kier molecular flexibility index (Phi) is 5.75. The minimum Gasteiger partial charge on any atom is -0.497 e. The molecule has 7 nitrogen and oxygen atoms in total. The summed E-state index contributed by atoms with van der Waals surface area (Å²) in [5.74, 6) is -0.105. The van der Waals surface area contributed by atoms with E-state index in [4.69, 9.17) is 4.74 Å². The molecular formula is C23H20F3N5O2. The summed E-state index contributed by atoms with van der Waals surface area (Å²) >= 11 is 0. The number of hydrogen-bond acceptors (Lipinski definition) is 5. The monoisotopic (exact) mass is 455 g/mol. The number of hydrogen-bond donors (Lipinski definition) is 1. The number of alkyl halides is 3. The van der Waals surface area contributed by atoms with Crippen LogP contribution in [-0.4, -0.2) is 32.8 Å². The summed E-state index contributed by atoms with van der Waals surface area (Å²) in [6.07, 6.45) is -4.01. The first-order valence-electron chi connectivity index (χ1n) is 10.1. The molecule has 0 spiro atoms. The molecule has 0 saturated carbocycles. The first-order chi connectivity index (χ1) is 15.7. The lowest BCUT2D eigenvalue weighted by Crippen LogP contribution is -2.20. The van der Waals surface area contributed by atoms with Crippen molar-refractivity contribution >= 4 is 17.2 Å². The Morgan fingerprint density at radius 1 is 1.09 bits per heavy atom. The zero-order chi connectivity index (χ0) is 23.8. The van der Waals surface area contributed by atoms with E-state index >= 15 is 0 Å². The fraction of sp³-hybridized carbons (Fsp3) is 0.217. The average molecular weight is 455 g/mol. The van der Waals surface area contributed by atoms with Crippen molar-refractivity contribution in [3.05, 3.63) is 71.2 Å². The maximum Gasteiger partial charge on any atom is 0.418 e. The van der Waals surface area contributed by atoms with E-state index in [9.17, 15) is 18.0 Å². The van der Waals surface area contributed by atoms with Gasteiger partial charge >= 0.3 is 6.18 Å². The molecule has 4 rings (SSSR count). The number of rotatable bonds is 5. The number of fused-ring (bicyclic) bond motifs is 1. The van der Waals surface area contributed by atoms with Gasteiger partial charge in [0, 0.05) is 0 Å².